The molecule has 2 atom stereocenters. The van der Waals surface area contributed by atoms with Crippen LogP contribution in [0.2, 0.25) is 0 Å². The topological polar surface area (TPSA) is 35.2 Å². The average Bonchev–Trinajstić information content (AvgIpc) is 2.97. The summed E-state index contributed by atoms with van der Waals surface area (Å²) in [5, 5.41) is 0. The van der Waals surface area contributed by atoms with Gasteiger partial charge >= 0.3 is 0 Å². The van der Waals surface area contributed by atoms with Gasteiger partial charge in [-0.1, -0.05) is 13.0 Å². The summed E-state index contributed by atoms with van der Waals surface area (Å²) in [7, 11) is 0. The lowest BCUT2D eigenvalue weighted by molar-refractivity contribution is -0.00921. The van der Waals surface area contributed by atoms with Crippen LogP contribution < -0.4 is 10.5 Å². The van der Waals surface area contributed by atoms with E-state index in [2.05, 4.69) is 13.8 Å². The van der Waals surface area contributed by atoms with E-state index in [4.69, 9.17) is 10.5 Å². The van der Waals surface area contributed by atoms with E-state index in [0.717, 1.165) is 12.0 Å². The van der Waals surface area contributed by atoms with Crippen LogP contribution in [0.4, 0.5) is 4.39 Å². The Morgan fingerprint density at radius 1 is 1.35 bits per heavy atom. The summed E-state index contributed by atoms with van der Waals surface area (Å²) in [5.74, 6) is 0.362. The van der Waals surface area contributed by atoms with E-state index < -0.39 is 0 Å². The molecule has 1 saturated carbocycles. The third-order valence-corrected chi connectivity index (χ3v) is 4.60. The molecular formula is C14H18FNO. The van der Waals surface area contributed by atoms with E-state index in [1.165, 1.54) is 25.0 Å². The van der Waals surface area contributed by atoms with E-state index in [-0.39, 0.29) is 22.9 Å². The largest absolute Gasteiger partial charge is 0.486 e. The monoisotopic (exact) mass is 235 g/mol. The van der Waals surface area contributed by atoms with E-state index in [9.17, 15) is 4.39 Å². The van der Waals surface area contributed by atoms with Crippen molar-refractivity contribution in [1.82, 2.24) is 0 Å². The summed E-state index contributed by atoms with van der Waals surface area (Å²) in [6, 6.07) is 4.59. The standard InChI is InChI=1S/C14H18FNO/c1-13(5-6-13)14(2)8-11(16)10-4-3-9(15)7-12(10)17-14/h3-4,7,11H,5-6,8,16H2,1-2H3/t11-,14?/m1/s1. The van der Waals surface area contributed by atoms with E-state index >= 15 is 0 Å². The summed E-state index contributed by atoms with van der Waals surface area (Å²) >= 11 is 0. The summed E-state index contributed by atoms with van der Waals surface area (Å²) in [6.45, 7) is 4.33. The first-order valence-electron chi connectivity index (χ1n) is 6.18. The smallest absolute Gasteiger partial charge is 0.127 e. The molecule has 3 heteroatoms. The minimum absolute atomic E-state index is 0.0539. The maximum absolute atomic E-state index is 13.3. The average molecular weight is 235 g/mol. The number of rotatable bonds is 1. The van der Waals surface area contributed by atoms with Crippen molar-refractivity contribution in [2.45, 2.75) is 44.8 Å². The number of benzene rings is 1. The fourth-order valence-electron chi connectivity index (χ4n) is 2.80. The Kier molecular flexibility index (Phi) is 2.09. The van der Waals surface area contributed by atoms with Crippen LogP contribution in [0.15, 0.2) is 18.2 Å². The molecule has 1 aliphatic carbocycles. The summed E-state index contributed by atoms with van der Waals surface area (Å²) in [6.07, 6.45) is 3.14. The van der Waals surface area contributed by atoms with Crippen molar-refractivity contribution in [3.63, 3.8) is 0 Å². The van der Waals surface area contributed by atoms with Crippen molar-refractivity contribution < 1.29 is 9.13 Å². The lowest BCUT2D eigenvalue weighted by atomic mass is 9.78. The van der Waals surface area contributed by atoms with Gasteiger partial charge in [-0.15, -0.1) is 0 Å². The molecule has 92 valence electrons. The third-order valence-electron chi connectivity index (χ3n) is 4.60. The van der Waals surface area contributed by atoms with Crippen LogP contribution in [0.25, 0.3) is 0 Å². The molecule has 2 nitrogen and oxygen atoms in total. The molecule has 2 aliphatic rings. The zero-order valence-electron chi connectivity index (χ0n) is 10.3. The lowest BCUT2D eigenvalue weighted by Crippen LogP contribution is -2.46. The highest BCUT2D eigenvalue weighted by molar-refractivity contribution is 5.40. The Morgan fingerprint density at radius 3 is 2.71 bits per heavy atom. The number of ether oxygens (including phenoxy) is 1. The molecule has 0 amide bonds. The molecule has 1 aliphatic heterocycles. The second-order valence-corrected chi connectivity index (χ2v) is 5.89. The zero-order valence-corrected chi connectivity index (χ0v) is 10.3. The maximum atomic E-state index is 13.3. The van der Waals surface area contributed by atoms with E-state index in [1.807, 2.05) is 0 Å². The minimum Gasteiger partial charge on any atom is -0.486 e. The second kappa shape index (κ2) is 3.22. The van der Waals surface area contributed by atoms with Gasteiger partial charge in [0.05, 0.1) is 0 Å². The van der Waals surface area contributed by atoms with Crippen molar-refractivity contribution in [2.75, 3.05) is 0 Å². The SMILES string of the molecule is CC1(C2(C)C[C@@H](N)c3ccc(F)cc3O2)CC1. The zero-order chi connectivity index (χ0) is 12.3. The van der Waals surface area contributed by atoms with Crippen LogP contribution in [0, 0.1) is 11.2 Å². The number of hydrogen-bond donors (Lipinski definition) is 1. The van der Waals surface area contributed by atoms with Crippen LogP contribution in [0.5, 0.6) is 5.75 Å². The number of fused-ring (bicyclic) bond motifs is 1. The normalized spacial score (nSPS) is 33.8. The molecule has 0 saturated heterocycles. The molecule has 17 heavy (non-hydrogen) atoms. The van der Waals surface area contributed by atoms with Gasteiger partial charge in [0.25, 0.3) is 0 Å². The molecule has 1 unspecified atom stereocenters. The minimum atomic E-state index is -0.263. The van der Waals surface area contributed by atoms with Crippen molar-refractivity contribution in [1.29, 1.82) is 0 Å². The summed E-state index contributed by atoms with van der Waals surface area (Å²) < 4.78 is 19.3. The maximum Gasteiger partial charge on any atom is 0.127 e. The Morgan fingerprint density at radius 2 is 2.06 bits per heavy atom. The van der Waals surface area contributed by atoms with Crippen molar-refractivity contribution >= 4 is 0 Å². The molecule has 0 spiro atoms. The lowest BCUT2D eigenvalue weighted by Gasteiger charge is -2.43. The molecular weight excluding hydrogens is 217 g/mol. The summed E-state index contributed by atoms with van der Waals surface area (Å²) in [4.78, 5) is 0. The molecule has 1 heterocycles. The molecule has 2 N–H and O–H groups in total. The van der Waals surface area contributed by atoms with Gasteiger partial charge in [0.15, 0.2) is 0 Å². The highest BCUT2D eigenvalue weighted by Gasteiger charge is 2.57. The van der Waals surface area contributed by atoms with Gasteiger partial charge in [-0.2, -0.15) is 0 Å². The first kappa shape index (κ1) is 11.0. The van der Waals surface area contributed by atoms with Crippen LogP contribution in [0.3, 0.4) is 0 Å². The molecule has 0 bridgehead atoms. The van der Waals surface area contributed by atoms with Gasteiger partial charge in [0, 0.05) is 29.5 Å². The first-order chi connectivity index (χ1) is 7.94. The van der Waals surface area contributed by atoms with Gasteiger partial charge in [0.1, 0.15) is 17.2 Å². The van der Waals surface area contributed by atoms with Crippen LogP contribution in [0.1, 0.15) is 44.7 Å². The first-order valence-corrected chi connectivity index (χ1v) is 6.18. The predicted octanol–water partition coefficient (Wildman–Crippen LogP) is 3.17. The second-order valence-electron chi connectivity index (χ2n) is 5.89. The molecule has 0 aromatic heterocycles. The highest BCUT2D eigenvalue weighted by Crippen LogP contribution is 2.59. The van der Waals surface area contributed by atoms with Gasteiger partial charge in [-0.05, 0) is 25.8 Å². The molecule has 0 radical (unpaired) electrons. The van der Waals surface area contributed by atoms with Gasteiger partial charge in [0.2, 0.25) is 0 Å². The molecule has 3 rings (SSSR count). The quantitative estimate of drug-likeness (QED) is 0.811. The van der Waals surface area contributed by atoms with Crippen LogP contribution >= 0.6 is 0 Å². The number of nitrogens with two attached hydrogens (primary N) is 1. The number of halogens is 1. The van der Waals surface area contributed by atoms with Crippen molar-refractivity contribution in [3.05, 3.63) is 29.6 Å². The van der Waals surface area contributed by atoms with Crippen LogP contribution in [-0.2, 0) is 0 Å². The predicted molar refractivity (Wildman–Crippen MR) is 64.3 cm³/mol. The fourth-order valence-corrected chi connectivity index (χ4v) is 2.80. The number of hydrogen-bond acceptors (Lipinski definition) is 2. The van der Waals surface area contributed by atoms with Crippen molar-refractivity contribution in [3.8, 4) is 5.75 Å². The van der Waals surface area contributed by atoms with Crippen LogP contribution in [-0.4, -0.2) is 5.60 Å². The van der Waals surface area contributed by atoms with E-state index in [1.54, 1.807) is 6.07 Å². The highest BCUT2D eigenvalue weighted by atomic mass is 19.1. The third kappa shape index (κ3) is 1.56. The molecule has 1 aromatic carbocycles. The van der Waals surface area contributed by atoms with Gasteiger partial charge in [-0.25, -0.2) is 4.39 Å². The Labute approximate surface area is 101 Å². The van der Waals surface area contributed by atoms with Gasteiger partial charge in [-0.3, -0.25) is 0 Å². The summed E-state index contributed by atoms with van der Waals surface area (Å²) in [5.41, 5.74) is 7.06. The Hall–Kier alpha value is -1.09. The Balaban J connectivity index is 2.02. The molecule has 1 fully saturated rings. The molecule has 1 aromatic rings. The van der Waals surface area contributed by atoms with E-state index in [0.29, 0.717) is 5.75 Å². The fraction of sp³-hybridized carbons (Fsp3) is 0.571. The Bertz CT molecular complexity index is 469. The van der Waals surface area contributed by atoms with Crippen molar-refractivity contribution in [2.24, 2.45) is 11.1 Å². The van der Waals surface area contributed by atoms with Gasteiger partial charge < -0.3 is 10.5 Å².